The Hall–Kier alpha value is -2.15. The third-order valence-electron chi connectivity index (χ3n) is 2.54. The van der Waals surface area contributed by atoms with Gasteiger partial charge in [0.05, 0.1) is 10.5 Å². The lowest BCUT2D eigenvalue weighted by Gasteiger charge is -2.21. The van der Waals surface area contributed by atoms with Crippen molar-refractivity contribution in [1.29, 1.82) is 0 Å². The van der Waals surface area contributed by atoms with Gasteiger partial charge in [0.1, 0.15) is 17.9 Å². The maximum Gasteiger partial charge on any atom is 0.276 e. The number of ether oxygens (including phenoxy) is 1. The monoisotopic (exact) mass is 253 g/mol. The van der Waals surface area contributed by atoms with Crippen LogP contribution in [-0.4, -0.2) is 23.0 Å². The molecule has 1 aromatic carbocycles. The maximum atomic E-state index is 11.0. The van der Waals surface area contributed by atoms with Crippen LogP contribution in [0.2, 0.25) is 0 Å². The van der Waals surface area contributed by atoms with E-state index in [1.165, 1.54) is 19.1 Å². The zero-order chi connectivity index (χ0) is 13.9. The number of hydrogen-bond donors (Lipinski definition) is 2. The molecule has 18 heavy (non-hydrogen) atoms. The van der Waals surface area contributed by atoms with E-state index in [1.807, 2.05) is 0 Å². The Labute approximate surface area is 104 Å². The van der Waals surface area contributed by atoms with Crippen LogP contribution in [0.5, 0.6) is 5.75 Å². The molecule has 4 N–H and O–H groups in total. The van der Waals surface area contributed by atoms with E-state index in [-0.39, 0.29) is 12.3 Å². The van der Waals surface area contributed by atoms with Crippen LogP contribution in [-0.2, 0) is 4.79 Å². The maximum absolute atomic E-state index is 11.0. The van der Waals surface area contributed by atoms with Gasteiger partial charge in [0.25, 0.3) is 5.69 Å². The van der Waals surface area contributed by atoms with Crippen molar-refractivity contribution in [1.82, 2.24) is 0 Å². The largest absolute Gasteiger partial charge is 0.491 e. The number of nitro benzene ring substituents is 1. The highest BCUT2D eigenvalue weighted by Gasteiger charge is 2.27. The van der Waals surface area contributed by atoms with Gasteiger partial charge >= 0.3 is 0 Å². The van der Waals surface area contributed by atoms with E-state index in [9.17, 15) is 14.9 Å². The van der Waals surface area contributed by atoms with E-state index in [4.69, 9.17) is 16.2 Å². The van der Waals surface area contributed by atoms with Crippen LogP contribution in [0, 0.1) is 17.0 Å². The SMILES string of the molecule is Cc1c(OCC(C)(N)C(N)=O)cccc1[N+](=O)[O-]. The Morgan fingerprint density at radius 1 is 1.56 bits per heavy atom. The Bertz CT molecular complexity index is 485. The molecule has 98 valence electrons. The van der Waals surface area contributed by atoms with E-state index in [0.717, 1.165) is 0 Å². The number of nitrogens with zero attached hydrogens (tertiary/aromatic N) is 1. The molecule has 0 aromatic heterocycles. The standard InChI is InChI=1S/C11H15N3O4/c1-7-8(14(16)17)4-3-5-9(7)18-6-11(2,13)10(12)15/h3-5H,6,13H2,1-2H3,(H2,12,15). The number of carbonyl (C=O) groups excluding carboxylic acids is 1. The van der Waals surface area contributed by atoms with E-state index in [1.54, 1.807) is 13.0 Å². The molecule has 1 rings (SSSR count). The second kappa shape index (κ2) is 5.01. The number of amides is 1. The number of benzene rings is 1. The minimum absolute atomic E-state index is 0.0506. The Kier molecular flexibility index (Phi) is 3.87. The van der Waals surface area contributed by atoms with Crippen LogP contribution in [0.25, 0.3) is 0 Å². The fourth-order valence-corrected chi connectivity index (χ4v) is 1.26. The summed E-state index contributed by atoms with van der Waals surface area (Å²) in [6.07, 6.45) is 0. The van der Waals surface area contributed by atoms with E-state index < -0.39 is 16.4 Å². The second-order valence-corrected chi connectivity index (χ2v) is 4.23. The smallest absolute Gasteiger partial charge is 0.276 e. The number of nitro groups is 1. The van der Waals surface area contributed by atoms with Crippen LogP contribution in [0.15, 0.2) is 18.2 Å². The van der Waals surface area contributed by atoms with Crippen molar-refractivity contribution in [3.8, 4) is 5.75 Å². The molecule has 1 atom stereocenters. The molecule has 7 nitrogen and oxygen atoms in total. The van der Waals surface area contributed by atoms with Gasteiger partial charge in [-0.1, -0.05) is 6.07 Å². The number of carbonyl (C=O) groups is 1. The van der Waals surface area contributed by atoms with E-state index >= 15 is 0 Å². The number of nitrogens with two attached hydrogens (primary N) is 2. The van der Waals surface area contributed by atoms with E-state index in [2.05, 4.69) is 0 Å². The average molecular weight is 253 g/mol. The third-order valence-corrected chi connectivity index (χ3v) is 2.54. The summed E-state index contributed by atoms with van der Waals surface area (Å²) in [5, 5.41) is 10.7. The zero-order valence-electron chi connectivity index (χ0n) is 10.2. The van der Waals surface area contributed by atoms with Gasteiger partial charge in [-0.25, -0.2) is 0 Å². The van der Waals surface area contributed by atoms with Crippen LogP contribution >= 0.6 is 0 Å². The first-order valence-electron chi connectivity index (χ1n) is 5.21. The Morgan fingerprint density at radius 3 is 2.67 bits per heavy atom. The summed E-state index contributed by atoms with van der Waals surface area (Å²) in [5.74, 6) is -0.396. The van der Waals surface area contributed by atoms with Gasteiger partial charge in [0.15, 0.2) is 0 Å². The first-order valence-corrected chi connectivity index (χ1v) is 5.21. The molecule has 7 heteroatoms. The number of hydrogen-bond acceptors (Lipinski definition) is 5. The molecule has 0 radical (unpaired) electrons. The van der Waals surface area contributed by atoms with Crippen molar-refractivity contribution in [3.63, 3.8) is 0 Å². The normalized spacial score (nSPS) is 13.7. The van der Waals surface area contributed by atoms with Crippen LogP contribution in [0.4, 0.5) is 5.69 Å². The van der Waals surface area contributed by atoms with Gasteiger partial charge in [0, 0.05) is 6.07 Å². The Morgan fingerprint density at radius 2 is 2.17 bits per heavy atom. The molecule has 1 unspecified atom stereocenters. The highest BCUT2D eigenvalue weighted by atomic mass is 16.6. The lowest BCUT2D eigenvalue weighted by molar-refractivity contribution is -0.385. The van der Waals surface area contributed by atoms with Crippen molar-refractivity contribution in [3.05, 3.63) is 33.9 Å². The van der Waals surface area contributed by atoms with Gasteiger partial charge in [-0.05, 0) is 19.9 Å². The van der Waals surface area contributed by atoms with Crippen LogP contribution in [0.3, 0.4) is 0 Å². The third kappa shape index (κ3) is 2.95. The minimum Gasteiger partial charge on any atom is -0.491 e. The molecule has 0 saturated heterocycles. The molecule has 0 heterocycles. The summed E-state index contributed by atoms with van der Waals surface area (Å²) in [6, 6.07) is 4.44. The summed E-state index contributed by atoms with van der Waals surface area (Å²) < 4.78 is 5.32. The van der Waals surface area contributed by atoms with Crippen molar-refractivity contribution in [2.75, 3.05) is 6.61 Å². The molecule has 1 amide bonds. The highest BCUT2D eigenvalue weighted by Crippen LogP contribution is 2.27. The van der Waals surface area contributed by atoms with Crippen LogP contribution in [0.1, 0.15) is 12.5 Å². The first kappa shape index (κ1) is 13.9. The molecule has 0 saturated carbocycles. The van der Waals surface area contributed by atoms with Gasteiger partial charge in [-0.15, -0.1) is 0 Å². The predicted molar refractivity (Wildman–Crippen MR) is 65.1 cm³/mol. The number of primary amides is 1. The summed E-state index contributed by atoms with van der Waals surface area (Å²) in [7, 11) is 0. The lowest BCUT2D eigenvalue weighted by atomic mass is 10.1. The minimum atomic E-state index is -1.32. The van der Waals surface area contributed by atoms with Crippen molar-refractivity contribution < 1.29 is 14.5 Å². The molecular formula is C11H15N3O4. The quantitative estimate of drug-likeness (QED) is 0.584. The molecule has 1 aromatic rings. The first-order chi connectivity index (χ1) is 8.25. The predicted octanol–water partition coefficient (Wildman–Crippen LogP) is 0.485. The molecule has 0 aliphatic carbocycles. The molecule has 0 bridgehead atoms. The lowest BCUT2D eigenvalue weighted by Crippen LogP contribution is -2.53. The zero-order valence-corrected chi connectivity index (χ0v) is 10.2. The molecule has 0 aliphatic heterocycles. The fraction of sp³-hybridized carbons (Fsp3) is 0.364. The highest BCUT2D eigenvalue weighted by molar-refractivity contribution is 5.84. The van der Waals surface area contributed by atoms with Gasteiger partial charge in [-0.3, -0.25) is 14.9 Å². The summed E-state index contributed by atoms with van der Waals surface area (Å²) in [6.45, 7) is 2.85. The fourth-order valence-electron chi connectivity index (χ4n) is 1.26. The molecule has 0 aliphatic rings. The van der Waals surface area contributed by atoms with Gasteiger partial charge in [0.2, 0.25) is 5.91 Å². The Balaban J connectivity index is 2.90. The van der Waals surface area contributed by atoms with E-state index in [0.29, 0.717) is 11.3 Å². The van der Waals surface area contributed by atoms with Gasteiger partial charge in [-0.2, -0.15) is 0 Å². The summed E-state index contributed by atoms with van der Waals surface area (Å²) in [4.78, 5) is 21.2. The molecule has 0 spiro atoms. The van der Waals surface area contributed by atoms with Crippen LogP contribution < -0.4 is 16.2 Å². The molecular weight excluding hydrogens is 238 g/mol. The van der Waals surface area contributed by atoms with Gasteiger partial charge < -0.3 is 16.2 Å². The number of rotatable bonds is 5. The molecule has 0 fully saturated rings. The van der Waals surface area contributed by atoms with Crippen molar-refractivity contribution in [2.45, 2.75) is 19.4 Å². The topological polar surface area (TPSA) is 121 Å². The van der Waals surface area contributed by atoms with Crippen molar-refractivity contribution >= 4 is 11.6 Å². The average Bonchev–Trinajstić information content (AvgIpc) is 2.27. The summed E-state index contributed by atoms with van der Waals surface area (Å²) in [5.41, 5.74) is 9.72. The summed E-state index contributed by atoms with van der Waals surface area (Å²) >= 11 is 0. The van der Waals surface area contributed by atoms with Crippen molar-refractivity contribution in [2.24, 2.45) is 11.5 Å². The second-order valence-electron chi connectivity index (χ2n) is 4.23.